The van der Waals surface area contributed by atoms with Crippen LogP contribution in [0.25, 0.3) is 0 Å². The van der Waals surface area contributed by atoms with Crippen molar-refractivity contribution in [3.8, 4) is 0 Å². The molecule has 0 saturated carbocycles. The number of likely N-dealkylation sites (tertiary alicyclic amines) is 1. The second-order valence-corrected chi connectivity index (χ2v) is 5.79. The lowest BCUT2D eigenvalue weighted by Gasteiger charge is -2.21. The Hall–Kier alpha value is -0.230. The van der Waals surface area contributed by atoms with Crippen LogP contribution in [0.1, 0.15) is 18.9 Å². The summed E-state index contributed by atoms with van der Waals surface area (Å²) in [4.78, 5) is 2.09. The molecule has 2 atom stereocenters. The van der Waals surface area contributed by atoms with Crippen molar-refractivity contribution in [3.05, 3.63) is 33.8 Å². The molecule has 2 unspecified atom stereocenters. The van der Waals surface area contributed by atoms with Crippen LogP contribution < -0.4 is 5.73 Å². The van der Waals surface area contributed by atoms with Crippen molar-refractivity contribution in [1.82, 2.24) is 4.90 Å². The second-order valence-electron chi connectivity index (χ2n) is 4.94. The van der Waals surface area contributed by atoms with Crippen molar-refractivity contribution in [2.24, 2.45) is 11.7 Å². The molecular formula is C13H18BrClF2N2. The normalized spacial score (nSPS) is 23.4. The van der Waals surface area contributed by atoms with Gasteiger partial charge in [0.05, 0.1) is 4.47 Å². The topological polar surface area (TPSA) is 29.3 Å². The molecule has 19 heavy (non-hydrogen) atoms. The van der Waals surface area contributed by atoms with Crippen LogP contribution in [0.3, 0.4) is 0 Å². The average molecular weight is 356 g/mol. The maximum absolute atomic E-state index is 13.9. The maximum Gasteiger partial charge on any atom is 0.144 e. The zero-order chi connectivity index (χ0) is 13.3. The molecule has 2 N–H and O–H groups in total. The van der Waals surface area contributed by atoms with Gasteiger partial charge in [-0.3, -0.25) is 4.90 Å². The molecule has 1 aliphatic rings. The van der Waals surface area contributed by atoms with Gasteiger partial charge < -0.3 is 5.73 Å². The Morgan fingerprint density at radius 1 is 1.42 bits per heavy atom. The van der Waals surface area contributed by atoms with Crippen molar-refractivity contribution < 1.29 is 8.78 Å². The standard InChI is InChI=1S/C13H17BrF2N2.ClH/c1-8-4-9(5-17)6-18(8)7-10-12(15)3-2-11(14)13(10)16;/h2-3,8-9H,4-7,17H2,1H3;1H. The van der Waals surface area contributed by atoms with Crippen molar-refractivity contribution in [3.63, 3.8) is 0 Å². The first-order valence-corrected chi connectivity index (χ1v) is 6.88. The van der Waals surface area contributed by atoms with E-state index in [4.69, 9.17) is 5.73 Å². The molecular weight excluding hydrogens is 338 g/mol. The van der Waals surface area contributed by atoms with Crippen molar-refractivity contribution in [1.29, 1.82) is 0 Å². The monoisotopic (exact) mass is 354 g/mol. The fourth-order valence-corrected chi connectivity index (χ4v) is 2.90. The van der Waals surface area contributed by atoms with Gasteiger partial charge in [-0.15, -0.1) is 12.4 Å². The third kappa shape index (κ3) is 3.66. The van der Waals surface area contributed by atoms with Gasteiger partial charge in [-0.05, 0) is 53.9 Å². The molecule has 0 aromatic heterocycles. The van der Waals surface area contributed by atoms with Crippen LogP contribution >= 0.6 is 28.3 Å². The zero-order valence-electron chi connectivity index (χ0n) is 10.7. The summed E-state index contributed by atoms with van der Waals surface area (Å²) in [5.74, 6) is -0.559. The molecule has 108 valence electrons. The summed E-state index contributed by atoms with van der Waals surface area (Å²) in [7, 11) is 0. The Bertz CT molecular complexity index is 445. The molecule has 1 fully saturated rings. The number of benzene rings is 1. The molecule has 0 spiro atoms. The van der Waals surface area contributed by atoms with E-state index in [0.29, 0.717) is 29.5 Å². The largest absolute Gasteiger partial charge is 0.330 e. The van der Waals surface area contributed by atoms with Gasteiger partial charge >= 0.3 is 0 Å². The van der Waals surface area contributed by atoms with E-state index in [0.717, 1.165) is 13.0 Å². The summed E-state index contributed by atoms with van der Waals surface area (Å²) in [6, 6.07) is 3.00. The smallest absolute Gasteiger partial charge is 0.144 e. The van der Waals surface area contributed by atoms with E-state index < -0.39 is 11.6 Å². The van der Waals surface area contributed by atoms with Gasteiger partial charge in [0.15, 0.2) is 0 Å². The number of nitrogens with two attached hydrogens (primary N) is 1. The minimum atomic E-state index is -0.501. The predicted molar refractivity (Wildman–Crippen MR) is 78.3 cm³/mol. The Morgan fingerprint density at radius 2 is 2.11 bits per heavy atom. The minimum Gasteiger partial charge on any atom is -0.330 e. The molecule has 1 aromatic rings. The highest BCUT2D eigenvalue weighted by molar-refractivity contribution is 9.10. The average Bonchev–Trinajstić information content (AvgIpc) is 2.70. The highest BCUT2D eigenvalue weighted by Crippen LogP contribution is 2.28. The van der Waals surface area contributed by atoms with E-state index in [1.54, 1.807) is 0 Å². The van der Waals surface area contributed by atoms with Crippen LogP contribution in [0.15, 0.2) is 16.6 Å². The van der Waals surface area contributed by atoms with Crippen LogP contribution in [0.2, 0.25) is 0 Å². The summed E-state index contributed by atoms with van der Waals surface area (Å²) in [6.07, 6.45) is 0.994. The molecule has 2 rings (SSSR count). The molecule has 0 amide bonds. The summed E-state index contributed by atoms with van der Waals surface area (Å²) in [6.45, 7) is 3.81. The van der Waals surface area contributed by atoms with Crippen LogP contribution in [0, 0.1) is 17.6 Å². The molecule has 1 aromatic carbocycles. The van der Waals surface area contributed by atoms with Crippen LogP contribution in [-0.4, -0.2) is 24.0 Å². The summed E-state index contributed by atoms with van der Waals surface area (Å²) >= 11 is 3.09. The van der Waals surface area contributed by atoms with E-state index in [2.05, 4.69) is 27.8 Å². The zero-order valence-corrected chi connectivity index (χ0v) is 13.1. The number of nitrogens with zero attached hydrogens (tertiary/aromatic N) is 1. The molecule has 0 aliphatic carbocycles. The van der Waals surface area contributed by atoms with Crippen LogP contribution in [0.4, 0.5) is 8.78 Å². The lowest BCUT2D eigenvalue weighted by Crippen LogP contribution is -2.28. The van der Waals surface area contributed by atoms with Gasteiger partial charge in [-0.25, -0.2) is 8.78 Å². The van der Waals surface area contributed by atoms with Gasteiger partial charge in [-0.2, -0.15) is 0 Å². The highest BCUT2D eigenvalue weighted by atomic mass is 79.9. The van der Waals surface area contributed by atoms with Crippen molar-refractivity contribution in [2.75, 3.05) is 13.1 Å². The number of hydrogen-bond donors (Lipinski definition) is 1. The van der Waals surface area contributed by atoms with E-state index in [-0.39, 0.29) is 18.0 Å². The molecule has 1 saturated heterocycles. The van der Waals surface area contributed by atoms with Crippen molar-refractivity contribution >= 4 is 28.3 Å². The fraction of sp³-hybridized carbons (Fsp3) is 0.538. The quantitative estimate of drug-likeness (QED) is 0.843. The SMILES string of the molecule is CC1CC(CN)CN1Cc1c(F)ccc(Br)c1F.Cl. The van der Waals surface area contributed by atoms with Crippen LogP contribution in [0.5, 0.6) is 0 Å². The van der Waals surface area contributed by atoms with E-state index >= 15 is 0 Å². The Balaban J connectivity index is 0.00000180. The minimum absolute atomic E-state index is 0. The third-order valence-electron chi connectivity index (χ3n) is 3.62. The van der Waals surface area contributed by atoms with E-state index in [9.17, 15) is 8.78 Å². The van der Waals surface area contributed by atoms with Gasteiger partial charge in [0, 0.05) is 24.7 Å². The molecule has 6 heteroatoms. The number of rotatable bonds is 3. The maximum atomic E-state index is 13.9. The fourth-order valence-electron chi connectivity index (χ4n) is 2.53. The first kappa shape index (κ1) is 16.8. The van der Waals surface area contributed by atoms with Gasteiger partial charge in [0.2, 0.25) is 0 Å². The Labute approximate surface area is 126 Å². The highest BCUT2D eigenvalue weighted by Gasteiger charge is 2.29. The first-order valence-electron chi connectivity index (χ1n) is 6.09. The van der Waals surface area contributed by atoms with Gasteiger partial charge in [-0.1, -0.05) is 0 Å². The number of halogens is 4. The second kappa shape index (κ2) is 6.97. The lowest BCUT2D eigenvalue weighted by atomic mass is 10.1. The van der Waals surface area contributed by atoms with Gasteiger partial charge in [0.1, 0.15) is 11.6 Å². The molecule has 0 radical (unpaired) electrons. The molecule has 0 bridgehead atoms. The van der Waals surface area contributed by atoms with E-state index in [1.807, 2.05) is 0 Å². The van der Waals surface area contributed by atoms with Crippen molar-refractivity contribution in [2.45, 2.75) is 25.9 Å². The lowest BCUT2D eigenvalue weighted by molar-refractivity contribution is 0.248. The summed E-state index contributed by atoms with van der Waals surface area (Å²) in [5, 5.41) is 0. The Morgan fingerprint density at radius 3 is 2.68 bits per heavy atom. The molecule has 2 nitrogen and oxygen atoms in total. The van der Waals surface area contributed by atoms with E-state index in [1.165, 1.54) is 12.1 Å². The third-order valence-corrected chi connectivity index (χ3v) is 4.24. The molecule has 1 heterocycles. The first-order chi connectivity index (χ1) is 8.52. The summed E-state index contributed by atoms with van der Waals surface area (Å²) in [5.41, 5.74) is 5.79. The summed E-state index contributed by atoms with van der Waals surface area (Å²) < 4.78 is 27.9. The van der Waals surface area contributed by atoms with Gasteiger partial charge in [0.25, 0.3) is 0 Å². The predicted octanol–water partition coefficient (Wildman–Crippen LogP) is 3.32. The molecule has 1 aliphatic heterocycles. The Kier molecular flexibility index (Phi) is 6.17. The number of hydrogen-bond acceptors (Lipinski definition) is 2. The van der Waals surface area contributed by atoms with Crippen LogP contribution in [-0.2, 0) is 6.54 Å².